The van der Waals surface area contributed by atoms with Crippen LogP contribution in [0.5, 0.6) is 0 Å². The Bertz CT molecular complexity index is 516. The van der Waals surface area contributed by atoms with E-state index in [9.17, 15) is 14.3 Å². The molecular formula is C18H24FNO2. The van der Waals surface area contributed by atoms with Gasteiger partial charge in [-0.25, -0.2) is 4.39 Å². The van der Waals surface area contributed by atoms with Crippen molar-refractivity contribution in [2.24, 2.45) is 11.8 Å². The fraction of sp³-hybridized carbons (Fsp3) is 0.611. The van der Waals surface area contributed by atoms with Gasteiger partial charge in [0.1, 0.15) is 5.82 Å². The summed E-state index contributed by atoms with van der Waals surface area (Å²) in [6.07, 6.45) is 6.24. The Morgan fingerprint density at radius 1 is 1.18 bits per heavy atom. The molecule has 0 saturated heterocycles. The topological polar surface area (TPSA) is 49.3 Å². The van der Waals surface area contributed by atoms with Gasteiger partial charge in [0.2, 0.25) is 5.91 Å². The fourth-order valence-electron chi connectivity index (χ4n) is 3.65. The van der Waals surface area contributed by atoms with E-state index in [1.54, 1.807) is 12.1 Å². The zero-order valence-corrected chi connectivity index (χ0v) is 12.8. The molecule has 120 valence electrons. The molecule has 4 atom stereocenters. The van der Waals surface area contributed by atoms with Crippen molar-refractivity contribution in [2.45, 2.75) is 50.5 Å². The molecular weight excluding hydrogens is 281 g/mol. The van der Waals surface area contributed by atoms with E-state index in [4.69, 9.17) is 0 Å². The van der Waals surface area contributed by atoms with Crippen molar-refractivity contribution >= 4 is 5.91 Å². The van der Waals surface area contributed by atoms with Crippen LogP contribution >= 0.6 is 0 Å². The Morgan fingerprint density at radius 2 is 1.91 bits per heavy atom. The first kappa shape index (κ1) is 15.5. The second-order valence-electron chi connectivity index (χ2n) is 6.70. The van der Waals surface area contributed by atoms with Crippen molar-refractivity contribution in [2.75, 3.05) is 6.61 Å². The minimum Gasteiger partial charge on any atom is -0.396 e. The van der Waals surface area contributed by atoms with Crippen molar-refractivity contribution in [3.8, 4) is 0 Å². The lowest BCUT2D eigenvalue weighted by Crippen LogP contribution is -2.42. The quantitative estimate of drug-likeness (QED) is 0.840. The molecule has 1 aromatic carbocycles. The van der Waals surface area contributed by atoms with Gasteiger partial charge in [0.25, 0.3) is 0 Å². The van der Waals surface area contributed by atoms with Crippen LogP contribution in [0.2, 0.25) is 0 Å². The Morgan fingerprint density at radius 3 is 2.64 bits per heavy atom. The molecule has 2 aliphatic carbocycles. The van der Waals surface area contributed by atoms with Crippen LogP contribution in [0, 0.1) is 17.7 Å². The smallest absolute Gasteiger partial charge is 0.223 e. The lowest BCUT2D eigenvalue weighted by Gasteiger charge is -2.24. The summed E-state index contributed by atoms with van der Waals surface area (Å²) in [7, 11) is 0. The van der Waals surface area contributed by atoms with Gasteiger partial charge >= 0.3 is 0 Å². The van der Waals surface area contributed by atoms with Crippen molar-refractivity contribution in [3.05, 3.63) is 35.6 Å². The largest absolute Gasteiger partial charge is 0.396 e. The molecule has 0 spiro atoms. The summed E-state index contributed by atoms with van der Waals surface area (Å²) in [5.74, 6) is 0.274. The maximum atomic E-state index is 13.0. The van der Waals surface area contributed by atoms with E-state index in [2.05, 4.69) is 5.32 Å². The highest BCUT2D eigenvalue weighted by atomic mass is 19.1. The Balaban J connectivity index is 1.57. The molecule has 0 aromatic heterocycles. The van der Waals surface area contributed by atoms with Crippen molar-refractivity contribution in [1.29, 1.82) is 0 Å². The van der Waals surface area contributed by atoms with Gasteiger partial charge in [-0.3, -0.25) is 4.79 Å². The normalized spacial score (nSPS) is 31.4. The molecule has 4 heteroatoms. The van der Waals surface area contributed by atoms with Gasteiger partial charge in [0, 0.05) is 24.5 Å². The Hall–Kier alpha value is -1.42. The lowest BCUT2D eigenvalue weighted by molar-refractivity contribution is -0.123. The van der Waals surface area contributed by atoms with E-state index in [1.165, 1.54) is 18.6 Å². The molecule has 22 heavy (non-hydrogen) atoms. The molecule has 1 amide bonds. The molecule has 3 nitrogen and oxygen atoms in total. The van der Waals surface area contributed by atoms with Crippen molar-refractivity contribution in [1.82, 2.24) is 5.32 Å². The maximum Gasteiger partial charge on any atom is 0.223 e. The number of nitrogens with one attached hydrogen (secondary N) is 1. The van der Waals surface area contributed by atoms with Gasteiger partial charge in [-0.05, 0) is 42.9 Å². The first-order valence-electron chi connectivity index (χ1n) is 8.35. The predicted octanol–water partition coefficient (Wildman–Crippen LogP) is 2.99. The molecule has 2 N–H and O–H groups in total. The van der Waals surface area contributed by atoms with Crippen LogP contribution in [0.25, 0.3) is 0 Å². The first-order chi connectivity index (χ1) is 10.7. The van der Waals surface area contributed by atoms with Gasteiger partial charge in [0.05, 0.1) is 0 Å². The fourth-order valence-corrected chi connectivity index (χ4v) is 3.65. The van der Waals surface area contributed by atoms with Crippen LogP contribution in [0.1, 0.15) is 50.0 Å². The average Bonchev–Trinajstić information content (AvgIpc) is 3.32. The summed E-state index contributed by atoms with van der Waals surface area (Å²) in [4.78, 5) is 12.4. The van der Waals surface area contributed by atoms with E-state index in [0.29, 0.717) is 0 Å². The Labute approximate surface area is 130 Å². The second kappa shape index (κ2) is 6.78. The molecule has 2 fully saturated rings. The number of amides is 1. The summed E-state index contributed by atoms with van der Waals surface area (Å²) < 4.78 is 13.0. The zero-order valence-electron chi connectivity index (χ0n) is 12.8. The third-order valence-corrected chi connectivity index (χ3v) is 5.15. The predicted molar refractivity (Wildman–Crippen MR) is 82.8 cm³/mol. The van der Waals surface area contributed by atoms with E-state index in [-0.39, 0.29) is 42.1 Å². The molecule has 3 rings (SSSR count). The summed E-state index contributed by atoms with van der Waals surface area (Å²) in [6, 6.07) is 6.56. The number of rotatable bonds is 4. The van der Waals surface area contributed by atoms with Gasteiger partial charge in [-0.15, -0.1) is 0 Å². The molecule has 4 unspecified atom stereocenters. The molecule has 1 aromatic rings. The SMILES string of the molecule is O=C(NC1CCCCCC1CO)C1CC1c1ccc(F)cc1. The van der Waals surface area contributed by atoms with E-state index in [0.717, 1.165) is 37.7 Å². The molecule has 0 radical (unpaired) electrons. The number of halogens is 1. The summed E-state index contributed by atoms with van der Waals surface area (Å²) >= 11 is 0. The summed E-state index contributed by atoms with van der Waals surface area (Å²) in [5.41, 5.74) is 1.04. The number of carbonyl (C=O) groups is 1. The Kier molecular flexibility index (Phi) is 4.77. The lowest BCUT2D eigenvalue weighted by atomic mass is 9.95. The number of aliphatic hydroxyl groups excluding tert-OH is 1. The number of benzene rings is 1. The summed E-state index contributed by atoms with van der Waals surface area (Å²) in [5, 5.41) is 12.7. The number of hydrogen-bond donors (Lipinski definition) is 2. The third kappa shape index (κ3) is 3.49. The van der Waals surface area contributed by atoms with Gasteiger partial charge in [-0.1, -0.05) is 31.4 Å². The van der Waals surface area contributed by atoms with Gasteiger partial charge in [0.15, 0.2) is 0 Å². The highest BCUT2D eigenvalue weighted by Crippen LogP contribution is 2.47. The molecule has 0 bridgehead atoms. The highest BCUT2D eigenvalue weighted by molar-refractivity contribution is 5.83. The number of hydrogen-bond acceptors (Lipinski definition) is 2. The minimum atomic E-state index is -0.241. The van der Waals surface area contributed by atoms with E-state index in [1.807, 2.05) is 0 Å². The monoisotopic (exact) mass is 305 g/mol. The maximum absolute atomic E-state index is 13.0. The van der Waals surface area contributed by atoms with Gasteiger partial charge < -0.3 is 10.4 Å². The van der Waals surface area contributed by atoms with E-state index < -0.39 is 0 Å². The number of aliphatic hydroxyl groups is 1. The molecule has 2 saturated carbocycles. The summed E-state index contributed by atoms with van der Waals surface area (Å²) in [6.45, 7) is 0.150. The first-order valence-corrected chi connectivity index (χ1v) is 8.35. The van der Waals surface area contributed by atoms with Crippen LogP contribution in [0.3, 0.4) is 0 Å². The van der Waals surface area contributed by atoms with E-state index >= 15 is 0 Å². The van der Waals surface area contributed by atoms with Gasteiger partial charge in [-0.2, -0.15) is 0 Å². The minimum absolute atomic E-state index is 0.00746. The van der Waals surface area contributed by atoms with Crippen LogP contribution in [0.4, 0.5) is 4.39 Å². The highest BCUT2D eigenvalue weighted by Gasteiger charge is 2.44. The van der Waals surface area contributed by atoms with Crippen LogP contribution in [-0.2, 0) is 4.79 Å². The molecule has 2 aliphatic rings. The van der Waals surface area contributed by atoms with Crippen molar-refractivity contribution in [3.63, 3.8) is 0 Å². The van der Waals surface area contributed by atoms with Crippen LogP contribution < -0.4 is 5.32 Å². The van der Waals surface area contributed by atoms with Crippen LogP contribution in [-0.4, -0.2) is 23.7 Å². The molecule has 0 heterocycles. The van der Waals surface area contributed by atoms with Crippen LogP contribution in [0.15, 0.2) is 24.3 Å². The third-order valence-electron chi connectivity index (χ3n) is 5.15. The molecule has 0 aliphatic heterocycles. The second-order valence-corrected chi connectivity index (χ2v) is 6.70. The van der Waals surface area contributed by atoms with Crippen molar-refractivity contribution < 1.29 is 14.3 Å². The zero-order chi connectivity index (χ0) is 15.5. The average molecular weight is 305 g/mol. The standard InChI is InChI=1S/C18H24FNO2/c19-14-8-6-12(7-9-14)15-10-16(15)18(22)20-17-5-3-1-2-4-13(17)11-21/h6-9,13,15-17,21H,1-5,10-11H2,(H,20,22). The number of carbonyl (C=O) groups excluding carboxylic acids is 1.